The highest BCUT2D eigenvalue weighted by Gasteiger charge is 2.13. The molecule has 2 heterocycles. The summed E-state index contributed by atoms with van der Waals surface area (Å²) in [4.78, 5) is 29.6. The Kier molecular flexibility index (Phi) is 5.53. The minimum absolute atomic E-state index is 0.118. The smallest absolute Gasteiger partial charge is 0.264 e. The van der Waals surface area contributed by atoms with Crippen LogP contribution in [0.3, 0.4) is 0 Å². The van der Waals surface area contributed by atoms with Gasteiger partial charge in [-0.1, -0.05) is 18.2 Å². The van der Waals surface area contributed by atoms with Gasteiger partial charge in [0.15, 0.2) is 5.65 Å². The molecule has 31 heavy (non-hydrogen) atoms. The van der Waals surface area contributed by atoms with Crippen molar-refractivity contribution in [2.24, 2.45) is 0 Å². The van der Waals surface area contributed by atoms with E-state index in [0.29, 0.717) is 17.6 Å². The van der Waals surface area contributed by atoms with E-state index in [9.17, 15) is 9.59 Å². The summed E-state index contributed by atoms with van der Waals surface area (Å²) in [6.45, 7) is 4.25. The number of nitrogens with zero attached hydrogens (tertiary/aromatic N) is 4. The van der Waals surface area contributed by atoms with E-state index >= 15 is 0 Å². The van der Waals surface area contributed by atoms with Crippen LogP contribution in [-0.2, 0) is 17.9 Å². The molecule has 0 unspecified atom stereocenters. The lowest BCUT2D eigenvalue weighted by Gasteiger charge is -2.09. The number of carbonyl (C=O) groups excluding carboxylic acids is 1. The monoisotopic (exact) mass is 417 g/mol. The van der Waals surface area contributed by atoms with Crippen LogP contribution in [0.2, 0.25) is 0 Å². The van der Waals surface area contributed by atoms with Crippen molar-refractivity contribution in [3.05, 3.63) is 82.0 Å². The molecule has 2 aromatic heterocycles. The highest BCUT2D eigenvalue weighted by Crippen LogP contribution is 2.17. The second-order valence-corrected chi connectivity index (χ2v) is 7.44. The van der Waals surface area contributed by atoms with Crippen LogP contribution in [0.4, 0.5) is 0 Å². The zero-order valence-corrected chi connectivity index (χ0v) is 17.6. The van der Waals surface area contributed by atoms with E-state index in [4.69, 9.17) is 4.74 Å². The Morgan fingerprint density at radius 1 is 1.10 bits per heavy atom. The summed E-state index contributed by atoms with van der Waals surface area (Å²) in [5.74, 6) is 0.475. The van der Waals surface area contributed by atoms with Gasteiger partial charge in [0, 0.05) is 6.54 Å². The number of fused-ring (bicyclic) bond motifs is 1. The summed E-state index contributed by atoms with van der Waals surface area (Å²) in [6, 6.07) is 13.5. The molecule has 8 heteroatoms. The average Bonchev–Trinajstić information content (AvgIpc) is 3.19. The van der Waals surface area contributed by atoms with Crippen LogP contribution in [0.5, 0.6) is 5.75 Å². The summed E-state index contributed by atoms with van der Waals surface area (Å²) in [5, 5.41) is 7.53. The molecule has 1 N–H and O–H groups in total. The molecular weight excluding hydrogens is 394 g/mol. The van der Waals surface area contributed by atoms with E-state index in [2.05, 4.69) is 21.5 Å². The summed E-state index contributed by atoms with van der Waals surface area (Å²) in [6.07, 6.45) is 2.88. The number of benzene rings is 2. The lowest BCUT2D eigenvalue weighted by molar-refractivity contribution is -0.121. The molecule has 158 valence electrons. The Hall–Kier alpha value is -3.94. The molecule has 4 aromatic rings. The molecule has 0 saturated carbocycles. The number of ether oxygens (including phenoxy) is 1. The molecule has 0 atom stereocenters. The molecule has 0 aliphatic heterocycles. The fourth-order valence-corrected chi connectivity index (χ4v) is 3.48. The maximum Gasteiger partial charge on any atom is 0.264 e. The van der Waals surface area contributed by atoms with Crippen LogP contribution in [0.1, 0.15) is 16.7 Å². The molecule has 0 spiro atoms. The first kappa shape index (κ1) is 20.3. The van der Waals surface area contributed by atoms with Gasteiger partial charge < -0.3 is 10.1 Å². The van der Waals surface area contributed by atoms with Crippen molar-refractivity contribution in [2.45, 2.75) is 26.9 Å². The third-order valence-electron chi connectivity index (χ3n) is 4.97. The van der Waals surface area contributed by atoms with Gasteiger partial charge in [-0.25, -0.2) is 9.67 Å². The lowest BCUT2D eigenvalue weighted by atomic mass is 10.1. The maximum atomic E-state index is 12.9. The molecule has 8 nitrogen and oxygen atoms in total. The molecule has 0 saturated heterocycles. The number of hydrogen-bond acceptors (Lipinski definition) is 5. The quantitative estimate of drug-likeness (QED) is 0.521. The fourth-order valence-electron chi connectivity index (χ4n) is 3.48. The van der Waals surface area contributed by atoms with E-state index in [1.807, 2.05) is 50.2 Å². The third kappa shape index (κ3) is 4.32. The molecule has 0 aliphatic rings. The second kappa shape index (κ2) is 8.43. The van der Waals surface area contributed by atoms with Crippen LogP contribution >= 0.6 is 0 Å². The van der Waals surface area contributed by atoms with Crippen molar-refractivity contribution in [3.8, 4) is 11.4 Å². The first-order valence-electron chi connectivity index (χ1n) is 9.86. The summed E-state index contributed by atoms with van der Waals surface area (Å²) < 4.78 is 8.06. The third-order valence-corrected chi connectivity index (χ3v) is 4.97. The van der Waals surface area contributed by atoms with E-state index in [-0.39, 0.29) is 18.0 Å². The Labute approximate surface area is 179 Å². The average molecular weight is 417 g/mol. The van der Waals surface area contributed by atoms with Gasteiger partial charge in [0.2, 0.25) is 5.91 Å². The van der Waals surface area contributed by atoms with E-state index in [0.717, 1.165) is 28.1 Å². The van der Waals surface area contributed by atoms with Gasteiger partial charge in [-0.05, 0) is 54.8 Å². The lowest BCUT2D eigenvalue weighted by Crippen LogP contribution is -2.32. The van der Waals surface area contributed by atoms with Crippen molar-refractivity contribution < 1.29 is 9.53 Å². The molecular formula is C23H23N5O3. The topological polar surface area (TPSA) is 91.0 Å². The fraction of sp³-hybridized carbons (Fsp3) is 0.217. The minimum atomic E-state index is -0.305. The largest absolute Gasteiger partial charge is 0.497 e. The molecule has 0 bridgehead atoms. The first-order chi connectivity index (χ1) is 14.9. The van der Waals surface area contributed by atoms with Crippen molar-refractivity contribution in [1.29, 1.82) is 0 Å². The van der Waals surface area contributed by atoms with Gasteiger partial charge in [-0.15, -0.1) is 0 Å². The maximum absolute atomic E-state index is 12.9. The van der Waals surface area contributed by atoms with Crippen molar-refractivity contribution >= 4 is 16.9 Å². The standard InChI is InChI=1S/C23H23N5O3/c1-15-8-16(2)10-18(9-15)28-22-20(12-26-28)23(30)27(14-25-22)13-21(29)24-11-17-4-6-19(31-3)7-5-17/h4-10,12,14H,11,13H2,1-3H3,(H,24,29). The van der Waals surface area contributed by atoms with E-state index in [1.165, 1.54) is 17.1 Å². The number of nitrogens with one attached hydrogen (secondary N) is 1. The predicted octanol–water partition coefficient (Wildman–Crippen LogP) is 2.52. The summed E-state index contributed by atoms with van der Waals surface area (Å²) in [5.41, 5.74) is 4.13. The molecule has 1 amide bonds. The van der Waals surface area contributed by atoms with Crippen molar-refractivity contribution in [2.75, 3.05) is 7.11 Å². The van der Waals surface area contributed by atoms with Crippen LogP contribution in [-0.4, -0.2) is 32.3 Å². The zero-order valence-electron chi connectivity index (χ0n) is 17.6. The highest BCUT2D eigenvalue weighted by molar-refractivity contribution is 5.78. The van der Waals surface area contributed by atoms with Gasteiger partial charge in [0.1, 0.15) is 24.0 Å². The minimum Gasteiger partial charge on any atom is -0.497 e. The van der Waals surface area contributed by atoms with Crippen molar-refractivity contribution in [1.82, 2.24) is 24.6 Å². The number of aromatic nitrogens is 4. The molecule has 0 radical (unpaired) electrons. The zero-order chi connectivity index (χ0) is 22.0. The van der Waals surface area contributed by atoms with Crippen LogP contribution in [0.25, 0.3) is 16.7 Å². The highest BCUT2D eigenvalue weighted by atomic mass is 16.5. The Bertz CT molecular complexity index is 1290. The van der Waals surface area contributed by atoms with Gasteiger partial charge in [-0.3, -0.25) is 14.2 Å². The van der Waals surface area contributed by atoms with E-state index < -0.39 is 0 Å². The number of amides is 1. The van der Waals surface area contributed by atoms with E-state index in [1.54, 1.807) is 11.8 Å². The van der Waals surface area contributed by atoms with Gasteiger partial charge in [0.25, 0.3) is 5.56 Å². The molecule has 0 fully saturated rings. The van der Waals surface area contributed by atoms with Gasteiger partial charge in [0.05, 0.1) is 19.0 Å². The Balaban J connectivity index is 1.51. The second-order valence-electron chi connectivity index (χ2n) is 7.44. The van der Waals surface area contributed by atoms with Gasteiger partial charge in [-0.2, -0.15) is 5.10 Å². The molecule has 2 aromatic carbocycles. The van der Waals surface area contributed by atoms with Gasteiger partial charge >= 0.3 is 0 Å². The van der Waals surface area contributed by atoms with Crippen LogP contribution < -0.4 is 15.6 Å². The SMILES string of the molecule is COc1ccc(CNC(=O)Cn2cnc3c(cnn3-c3cc(C)cc(C)c3)c2=O)cc1. The number of rotatable bonds is 6. The number of methoxy groups -OCH3 is 1. The Morgan fingerprint density at radius 3 is 2.48 bits per heavy atom. The predicted molar refractivity (Wildman–Crippen MR) is 117 cm³/mol. The van der Waals surface area contributed by atoms with Crippen LogP contribution in [0.15, 0.2) is 59.8 Å². The normalized spacial score (nSPS) is 10.9. The van der Waals surface area contributed by atoms with Crippen molar-refractivity contribution in [3.63, 3.8) is 0 Å². The Morgan fingerprint density at radius 2 is 1.81 bits per heavy atom. The summed E-state index contributed by atoms with van der Waals surface area (Å²) in [7, 11) is 1.60. The number of aryl methyl sites for hydroxylation is 2. The number of carbonyl (C=O) groups is 1. The number of hydrogen-bond donors (Lipinski definition) is 1. The molecule has 0 aliphatic carbocycles. The summed E-state index contributed by atoms with van der Waals surface area (Å²) >= 11 is 0. The van der Waals surface area contributed by atoms with Crippen LogP contribution in [0, 0.1) is 13.8 Å². The first-order valence-corrected chi connectivity index (χ1v) is 9.86. The molecule has 4 rings (SSSR count).